The van der Waals surface area contributed by atoms with Crippen LogP contribution in [0.3, 0.4) is 0 Å². The van der Waals surface area contributed by atoms with Gasteiger partial charge in [0.1, 0.15) is 0 Å². The molecule has 3 nitrogen and oxygen atoms in total. The van der Waals surface area contributed by atoms with Crippen LogP contribution in [0.2, 0.25) is 0 Å². The number of fused-ring (bicyclic) bond motifs is 1. The van der Waals surface area contributed by atoms with Crippen LogP contribution in [-0.2, 0) is 4.79 Å². The van der Waals surface area contributed by atoms with E-state index in [4.69, 9.17) is 0 Å². The molecule has 1 N–H and O–H groups in total. The van der Waals surface area contributed by atoms with Crippen LogP contribution < -0.4 is 5.32 Å². The first-order chi connectivity index (χ1) is 6.84. The van der Waals surface area contributed by atoms with Crippen molar-refractivity contribution in [1.29, 1.82) is 0 Å². The fraction of sp³-hybridized carbons (Fsp3) is 0.909. The number of carbonyl (C=O) groups is 1. The number of carbonyl (C=O) groups excluding carboxylic acids is 1. The van der Waals surface area contributed by atoms with Crippen LogP contribution in [0.15, 0.2) is 0 Å². The lowest BCUT2D eigenvalue weighted by atomic mass is 10.1. The van der Waals surface area contributed by atoms with E-state index in [9.17, 15) is 4.79 Å². The van der Waals surface area contributed by atoms with E-state index in [1.165, 1.54) is 25.7 Å². The van der Waals surface area contributed by atoms with Gasteiger partial charge in [0.25, 0.3) is 0 Å². The third kappa shape index (κ3) is 1.44. The molecule has 14 heavy (non-hydrogen) atoms. The van der Waals surface area contributed by atoms with Crippen molar-refractivity contribution in [2.45, 2.75) is 44.2 Å². The minimum atomic E-state index is 0.164. The Morgan fingerprint density at radius 1 is 1.14 bits per heavy atom. The van der Waals surface area contributed by atoms with Gasteiger partial charge in [0, 0.05) is 19.1 Å². The van der Waals surface area contributed by atoms with Crippen molar-refractivity contribution < 1.29 is 4.79 Å². The van der Waals surface area contributed by atoms with Crippen molar-refractivity contribution in [3.63, 3.8) is 0 Å². The van der Waals surface area contributed by atoms with E-state index >= 15 is 0 Å². The van der Waals surface area contributed by atoms with E-state index in [0.29, 0.717) is 11.9 Å². The Bertz CT molecular complexity index is 234. The summed E-state index contributed by atoms with van der Waals surface area (Å²) in [6, 6.07) is 0.852. The number of rotatable bonds is 1. The van der Waals surface area contributed by atoms with Gasteiger partial charge in [-0.15, -0.1) is 0 Å². The molecular weight excluding hydrogens is 176 g/mol. The number of nitrogens with zero attached hydrogens (tertiary/aromatic N) is 1. The summed E-state index contributed by atoms with van der Waals surface area (Å²) >= 11 is 0. The molecule has 0 aromatic heterocycles. The Morgan fingerprint density at radius 3 is 2.57 bits per heavy atom. The van der Waals surface area contributed by atoms with Gasteiger partial charge in [0.05, 0.1) is 6.04 Å². The highest BCUT2D eigenvalue weighted by atomic mass is 16.2. The maximum absolute atomic E-state index is 12.0. The lowest BCUT2D eigenvalue weighted by Gasteiger charge is -2.29. The monoisotopic (exact) mass is 194 g/mol. The first-order valence-corrected chi connectivity index (χ1v) is 5.89. The fourth-order valence-electron chi connectivity index (χ4n) is 2.85. The van der Waals surface area contributed by atoms with Crippen molar-refractivity contribution in [2.75, 3.05) is 13.1 Å². The number of hydrogen-bond donors (Lipinski definition) is 1. The molecule has 2 heterocycles. The molecule has 0 aromatic rings. The summed E-state index contributed by atoms with van der Waals surface area (Å²) in [6.45, 7) is 1.98. The molecule has 2 saturated heterocycles. The van der Waals surface area contributed by atoms with Crippen LogP contribution in [-0.4, -0.2) is 36.0 Å². The van der Waals surface area contributed by atoms with Crippen molar-refractivity contribution in [2.24, 2.45) is 5.92 Å². The molecule has 0 spiro atoms. The van der Waals surface area contributed by atoms with Crippen LogP contribution in [0, 0.1) is 5.92 Å². The van der Waals surface area contributed by atoms with Crippen LogP contribution in [0.4, 0.5) is 0 Å². The standard InChI is InChI=1S/C11H18N2O/c14-11(13-4-2-1-3-5-13)10-7-8-6-9(8)12-10/h8-10,12H,1-7H2/t8-,9-,10+/m1/s1. The minimum Gasteiger partial charge on any atom is -0.341 e. The number of nitrogens with one attached hydrogen (secondary N) is 1. The molecule has 3 aliphatic rings. The van der Waals surface area contributed by atoms with E-state index in [2.05, 4.69) is 10.2 Å². The number of likely N-dealkylation sites (tertiary alicyclic amines) is 1. The van der Waals surface area contributed by atoms with E-state index in [0.717, 1.165) is 25.4 Å². The smallest absolute Gasteiger partial charge is 0.239 e. The van der Waals surface area contributed by atoms with Gasteiger partial charge in [-0.05, 0) is 38.0 Å². The molecule has 78 valence electrons. The van der Waals surface area contributed by atoms with Gasteiger partial charge in [-0.25, -0.2) is 0 Å². The van der Waals surface area contributed by atoms with E-state index in [1.54, 1.807) is 0 Å². The molecule has 3 atom stereocenters. The van der Waals surface area contributed by atoms with Gasteiger partial charge in [0.2, 0.25) is 5.91 Å². The summed E-state index contributed by atoms with van der Waals surface area (Å²) in [4.78, 5) is 14.1. The summed E-state index contributed by atoms with van der Waals surface area (Å²) in [5, 5.41) is 3.43. The second-order valence-corrected chi connectivity index (χ2v) is 4.94. The van der Waals surface area contributed by atoms with Gasteiger partial charge in [-0.1, -0.05) is 0 Å². The van der Waals surface area contributed by atoms with E-state index < -0.39 is 0 Å². The summed E-state index contributed by atoms with van der Waals surface area (Å²) < 4.78 is 0. The van der Waals surface area contributed by atoms with Crippen molar-refractivity contribution in [3.8, 4) is 0 Å². The second kappa shape index (κ2) is 3.23. The Balaban J connectivity index is 1.58. The summed E-state index contributed by atoms with van der Waals surface area (Å²) in [6.07, 6.45) is 6.10. The molecule has 0 radical (unpaired) electrons. The minimum absolute atomic E-state index is 0.164. The summed E-state index contributed by atoms with van der Waals surface area (Å²) in [7, 11) is 0. The molecule has 0 bridgehead atoms. The van der Waals surface area contributed by atoms with E-state index in [-0.39, 0.29) is 6.04 Å². The predicted octanol–water partition coefficient (Wildman–Crippen LogP) is 0.749. The number of piperidine rings is 2. The Hall–Kier alpha value is -0.570. The molecule has 1 saturated carbocycles. The van der Waals surface area contributed by atoms with Gasteiger partial charge in [0.15, 0.2) is 0 Å². The maximum Gasteiger partial charge on any atom is 0.239 e. The van der Waals surface area contributed by atoms with Crippen LogP contribution >= 0.6 is 0 Å². The Labute approximate surface area is 84.8 Å². The molecule has 3 heteroatoms. The Kier molecular flexibility index (Phi) is 2.01. The Morgan fingerprint density at radius 2 is 1.93 bits per heavy atom. The molecule has 2 aliphatic heterocycles. The quantitative estimate of drug-likeness (QED) is 0.668. The topological polar surface area (TPSA) is 32.3 Å². The lowest BCUT2D eigenvalue weighted by Crippen LogP contribution is -2.46. The third-order valence-electron chi connectivity index (χ3n) is 3.84. The van der Waals surface area contributed by atoms with Gasteiger partial charge >= 0.3 is 0 Å². The molecule has 1 amide bonds. The maximum atomic E-state index is 12.0. The first-order valence-electron chi connectivity index (χ1n) is 5.89. The zero-order chi connectivity index (χ0) is 9.54. The highest BCUT2D eigenvalue weighted by molar-refractivity contribution is 5.82. The number of hydrogen-bond acceptors (Lipinski definition) is 2. The normalized spacial score (nSPS) is 40.9. The third-order valence-corrected chi connectivity index (χ3v) is 3.84. The average Bonchev–Trinajstić information content (AvgIpc) is 2.86. The highest BCUT2D eigenvalue weighted by Crippen LogP contribution is 2.41. The molecule has 1 aliphatic carbocycles. The second-order valence-electron chi connectivity index (χ2n) is 4.94. The zero-order valence-electron chi connectivity index (χ0n) is 8.54. The lowest BCUT2D eigenvalue weighted by molar-refractivity contribution is -0.134. The zero-order valence-corrected chi connectivity index (χ0v) is 8.54. The molecular formula is C11H18N2O. The first kappa shape index (κ1) is 8.72. The van der Waals surface area contributed by atoms with Gasteiger partial charge < -0.3 is 10.2 Å². The summed E-state index contributed by atoms with van der Waals surface area (Å²) in [5.74, 6) is 1.20. The molecule has 3 rings (SSSR count). The van der Waals surface area contributed by atoms with Crippen molar-refractivity contribution in [3.05, 3.63) is 0 Å². The average molecular weight is 194 g/mol. The van der Waals surface area contributed by atoms with Crippen LogP contribution in [0.25, 0.3) is 0 Å². The largest absolute Gasteiger partial charge is 0.341 e. The van der Waals surface area contributed by atoms with E-state index in [1.807, 2.05) is 0 Å². The van der Waals surface area contributed by atoms with Crippen molar-refractivity contribution >= 4 is 5.91 Å². The highest BCUT2D eigenvalue weighted by Gasteiger charge is 2.48. The summed E-state index contributed by atoms with van der Waals surface area (Å²) in [5.41, 5.74) is 0. The molecule has 0 unspecified atom stereocenters. The molecule has 3 fully saturated rings. The van der Waals surface area contributed by atoms with Crippen LogP contribution in [0.5, 0.6) is 0 Å². The molecule has 0 aromatic carbocycles. The van der Waals surface area contributed by atoms with Gasteiger partial charge in [-0.3, -0.25) is 4.79 Å². The SMILES string of the molecule is O=C([C@@H]1C[C@H]2C[C@H]2N1)N1CCCCC1. The van der Waals surface area contributed by atoms with Crippen LogP contribution in [0.1, 0.15) is 32.1 Å². The fourth-order valence-corrected chi connectivity index (χ4v) is 2.85. The number of amides is 1. The predicted molar refractivity (Wildman–Crippen MR) is 53.9 cm³/mol. The van der Waals surface area contributed by atoms with Gasteiger partial charge in [-0.2, -0.15) is 0 Å². The van der Waals surface area contributed by atoms with Crippen molar-refractivity contribution in [1.82, 2.24) is 10.2 Å².